The summed E-state index contributed by atoms with van der Waals surface area (Å²) in [6.45, 7) is 2.27. The maximum Gasteiger partial charge on any atom is 0.240 e. The van der Waals surface area contributed by atoms with E-state index >= 15 is 0 Å². The van der Waals surface area contributed by atoms with Crippen LogP contribution in [0.25, 0.3) is 0 Å². The third-order valence-corrected chi connectivity index (χ3v) is 5.13. The van der Waals surface area contributed by atoms with Gasteiger partial charge in [-0.2, -0.15) is 0 Å². The number of benzene rings is 1. The fraction of sp³-hybridized carbons (Fsp3) is 0.500. The van der Waals surface area contributed by atoms with Gasteiger partial charge in [0.1, 0.15) is 0 Å². The highest BCUT2D eigenvalue weighted by atomic mass is 32.2. The molecular weight excluding hydrogens is 284 g/mol. The van der Waals surface area contributed by atoms with Crippen LogP contribution < -0.4 is 10.5 Å². The number of nitrogens with two attached hydrogens (primary N) is 1. The Morgan fingerprint density at radius 1 is 1.43 bits per heavy atom. The molecule has 0 aliphatic heterocycles. The molecule has 1 unspecified atom stereocenters. The van der Waals surface area contributed by atoms with E-state index in [-0.39, 0.29) is 17.5 Å². The van der Waals surface area contributed by atoms with Crippen LogP contribution in [0.4, 0.5) is 0 Å². The van der Waals surface area contributed by atoms with Gasteiger partial charge in [0.15, 0.2) is 0 Å². The largest absolute Gasteiger partial charge is 0.320 e. The van der Waals surface area contributed by atoms with Crippen molar-refractivity contribution in [2.75, 3.05) is 6.54 Å². The molecule has 0 radical (unpaired) electrons. The minimum absolute atomic E-state index is 0.0151. The minimum atomic E-state index is -3.49. The van der Waals surface area contributed by atoms with Gasteiger partial charge >= 0.3 is 0 Å². The van der Waals surface area contributed by atoms with Gasteiger partial charge in [0.25, 0.3) is 0 Å². The fourth-order valence-electron chi connectivity index (χ4n) is 2.24. The first kappa shape index (κ1) is 16.0. The van der Waals surface area contributed by atoms with E-state index < -0.39 is 10.0 Å². The summed E-state index contributed by atoms with van der Waals surface area (Å²) >= 11 is 0. The highest BCUT2D eigenvalue weighted by Crippen LogP contribution is 2.34. The molecule has 5 heteroatoms. The van der Waals surface area contributed by atoms with Crippen molar-refractivity contribution in [2.24, 2.45) is 11.7 Å². The van der Waals surface area contributed by atoms with Crippen LogP contribution in [-0.2, 0) is 10.0 Å². The van der Waals surface area contributed by atoms with E-state index in [1.54, 1.807) is 24.3 Å². The monoisotopic (exact) mass is 306 g/mol. The van der Waals surface area contributed by atoms with E-state index in [0.29, 0.717) is 11.5 Å². The molecule has 1 atom stereocenters. The van der Waals surface area contributed by atoms with Crippen molar-refractivity contribution >= 4 is 10.0 Å². The van der Waals surface area contributed by atoms with Gasteiger partial charge in [-0.3, -0.25) is 0 Å². The maximum absolute atomic E-state index is 12.4. The summed E-state index contributed by atoms with van der Waals surface area (Å²) in [5.74, 6) is 6.29. The summed E-state index contributed by atoms with van der Waals surface area (Å²) in [5, 5.41) is 0. The average molecular weight is 306 g/mol. The zero-order chi connectivity index (χ0) is 15.3. The van der Waals surface area contributed by atoms with Crippen LogP contribution in [0.5, 0.6) is 0 Å². The Hall–Kier alpha value is -1.35. The van der Waals surface area contributed by atoms with Crippen molar-refractivity contribution in [1.29, 1.82) is 0 Å². The molecule has 1 aliphatic carbocycles. The molecule has 0 heterocycles. The Bertz CT molecular complexity index is 640. The number of nitrogens with one attached hydrogen (secondary N) is 1. The first-order valence-corrected chi connectivity index (χ1v) is 8.84. The fourth-order valence-corrected chi connectivity index (χ4v) is 3.61. The Morgan fingerprint density at radius 2 is 2.19 bits per heavy atom. The Morgan fingerprint density at radius 3 is 2.81 bits per heavy atom. The van der Waals surface area contributed by atoms with Crippen LogP contribution in [0.3, 0.4) is 0 Å². The second-order valence-electron chi connectivity index (χ2n) is 5.44. The Balaban J connectivity index is 2.13. The highest BCUT2D eigenvalue weighted by Gasteiger charge is 2.27. The van der Waals surface area contributed by atoms with E-state index in [4.69, 9.17) is 5.73 Å². The lowest BCUT2D eigenvalue weighted by molar-refractivity contribution is 0.495. The van der Waals surface area contributed by atoms with Gasteiger partial charge in [0.05, 0.1) is 11.4 Å². The molecule has 1 fully saturated rings. The molecule has 1 aromatic rings. The standard InChI is InChI=1S/C16H22N2O2S/c1-2-15(11-14-8-9-14)18-21(19,20)16-7-3-5-13(12-16)6-4-10-17/h3,5,7,12,14-15,18H,2,8-11,17H2,1H3. The molecule has 0 spiro atoms. The lowest BCUT2D eigenvalue weighted by atomic mass is 10.1. The normalized spacial score (nSPS) is 16.1. The molecule has 1 aliphatic rings. The van der Waals surface area contributed by atoms with Gasteiger partial charge in [-0.1, -0.05) is 37.7 Å². The molecule has 1 saturated carbocycles. The van der Waals surface area contributed by atoms with Crippen molar-refractivity contribution in [3.8, 4) is 11.8 Å². The molecule has 3 N–H and O–H groups in total. The summed E-state index contributed by atoms with van der Waals surface area (Å²) in [6, 6.07) is 6.69. The average Bonchev–Trinajstić information content (AvgIpc) is 3.28. The second kappa shape index (κ2) is 7.08. The van der Waals surface area contributed by atoms with Crippen LogP contribution >= 0.6 is 0 Å². The first-order chi connectivity index (χ1) is 10.0. The SMILES string of the molecule is CCC(CC1CC1)NS(=O)(=O)c1cccc(C#CCN)c1. The van der Waals surface area contributed by atoms with E-state index in [1.165, 1.54) is 12.8 Å². The number of hydrogen-bond donors (Lipinski definition) is 2. The Labute approximate surface area is 127 Å². The van der Waals surface area contributed by atoms with Crippen molar-refractivity contribution in [3.05, 3.63) is 29.8 Å². The van der Waals surface area contributed by atoms with Gasteiger partial charge in [-0.15, -0.1) is 0 Å². The van der Waals surface area contributed by atoms with Crippen molar-refractivity contribution in [2.45, 2.75) is 43.5 Å². The van der Waals surface area contributed by atoms with E-state index in [1.807, 2.05) is 6.92 Å². The van der Waals surface area contributed by atoms with Gasteiger partial charge in [-0.25, -0.2) is 13.1 Å². The third kappa shape index (κ3) is 4.85. The zero-order valence-electron chi connectivity index (χ0n) is 12.3. The summed E-state index contributed by atoms with van der Waals surface area (Å²) in [6.07, 6.45) is 4.19. The summed E-state index contributed by atoms with van der Waals surface area (Å²) in [7, 11) is -3.49. The zero-order valence-corrected chi connectivity index (χ0v) is 13.1. The lowest BCUT2D eigenvalue weighted by Gasteiger charge is -2.16. The third-order valence-electron chi connectivity index (χ3n) is 3.61. The predicted octanol–water partition coefficient (Wildman–Crippen LogP) is 1.85. The van der Waals surface area contributed by atoms with E-state index in [0.717, 1.165) is 12.8 Å². The molecule has 4 nitrogen and oxygen atoms in total. The second-order valence-corrected chi connectivity index (χ2v) is 7.15. The van der Waals surface area contributed by atoms with Crippen LogP contribution in [0, 0.1) is 17.8 Å². The number of rotatable bonds is 6. The Kier molecular flexibility index (Phi) is 5.40. The molecule has 0 bridgehead atoms. The molecule has 0 aromatic heterocycles. The smallest absolute Gasteiger partial charge is 0.240 e. The highest BCUT2D eigenvalue weighted by molar-refractivity contribution is 7.89. The summed E-state index contributed by atoms with van der Waals surface area (Å²) in [4.78, 5) is 0.264. The first-order valence-electron chi connectivity index (χ1n) is 7.36. The van der Waals surface area contributed by atoms with Crippen molar-refractivity contribution < 1.29 is 8.42 Å². The molecule has 0 saturated heterocycles. The van der Waals surface area contributed by atoms with Crippen molar-refractivity contribution in [1.82, 2.24) is 4.72 Å². The minimum Gasteiger partial charge on any atom is -0.320 e. The van der Waals surface area contributed by atoms with Gasteiger partial charge < -0.3 is 5.73 Å². The van der Waals surface area contributed by atoms with Gasteiger partial charge in [0, 0.05) is 11.6 Å². The van der Waals surface area contributed by atoms with Crippen LogP contribution in [-0.4, -0.2) is 21.0 Å². The van der Waals surface area contributed by atoms with Crippen LogP contribution in [0.2, 0.25) is 0 Å². The molecule has 2 rings (SSSR count). The molecule has 1 aromatic carbocycles. The predicted molar refractivity (Wildman–Crippen MR) is 84.1 cm³/mol. The van der Waals surface area contributed by atoms with Gasteiger partial charge in [-0.05, 0) is 37.0 Å². The summed E-state index contributed by atoms with van der Waals surface area (Å²) in [5.41, 5.74) is 6.00. The van der Waals surface area contributed by atoms with Crippen LogP contribution in [0.1, 0.15) is 38.2 Å². The molecule has 114 valence electrons. The van der Waals surface area contributed by atoms with Crippen molar-refractivity contribution in [3.63, 3.8) is 0 Å². The number of sulfonamides is 1. The molecular formula is C16H22N2O2S. The lowest BCUT2D eigenvalue weighted by Crippen LogP contribution is -2.34. The maximum atomic E-state index is 12.4. The van der Waals surface area contributed by atoms with E-state index in [2.05, 4.69) is 16.6 Å². The number of hydrogen-bond acceptors (Lipinski definition) is 3. The topological polar surface area (TPSA) is 72.2 Å². The van der Waals surface area contributed by atoms with Gasteiger partial charge in [0.2, 0.25) is 10.0 Å². The molecule has 21 heavy (non-hydrogen) atoms. The van der Waals surface area contributed by atoms with E-state index in [9.17, 15) is 8.42 Å². The molecule has 0 amide bonds. The quantitative estimate of drug-likeness (QED) is 0.788. The van der Waals surface area contributed by atoms with Crippen LogP contribution in [0.15, 0.2) is 29.2 Å². The summed E-state index contributed by atoms with van der Waals surface area (Å²) < 4.78 is 27.7.